The fourth-order valence-corrected chi connectivity index (χ4v) is 5.62. The fourth-order valence-electron chi connectivity index (χ4n) is 4.60. The molecule has 5 aromatic carbocycles. The van der Waals surface area contributed by atoms with Crippen molar-refractivity contribution in [3.8, 4) is 5.75 Å². The van der Waals surface area contributed by atoms with Crippen LogP contribution in [0.2, 0.25) is 0 Å². The van der Waals surface area contributed by atoms with E-state index in [9.17, 15) is 24.3 Å². The quantitative estimate of drug-likeness (QED) is 0.0819. The molecule has 0 aliphatic heterocycles. The van der Waals surface area contributed by atoms with Crippen LogP contribution in [0.5, 0.6) is 5.75 Å². The highest BCUT2D eigenvalue weighted by Crippen LogP contribution is 2.37. The summed E-state index contributed by atoms with van der Waals surface area (Å²) in [5.74, 6) is -1.72. The maximum absolute atomic E-state index is 13.5. The van der Waals surface area contributed by atoms with E-state index in [0.717, 1.165) is 10.5 Å². The van der Waals surface area contributed by atoms with Crippen LogP contribution in [0.15, 0.2) is 144 Å². The zero-order chi connectivity index (χ0) is 33.9. The number of amides is 3. The number of aromatic carboxylic acids is 1. The van der Waals surface area contributed by atoms with Gasteiger partial charge in [-0.15, -0.1) is 11.8 Å². The van der Waals surface area contributed by atoms with Gasteiger partial charge in [-0.1, -0.05) is 66.7 Å². The van der Waals surface area contributed by atoms with Crippen molar-refractivity contribution in [3.63, 3.8) is 0 Å². The summed E-state index contributed by atoms with van der Waals surface area (Å²) in [6.45, 7) is 0. The van der Waals surface area contributed by atoms with Crippen molar-refractivity contribution >= 4 is 52.9 Å². The number of anilines is 2. The van der Waals surface area contributed by atoms with Gasteiger partial charge in [0.15, 0.2) is 0 Å². The number of hydrogen-bond donors (Lipinski definition) is 4. The Kier molecular flexibility index (Phi) is 11.0. The predicted molar refractivity (Wildman–Crippen MR) is 187 cm³/mol. The van der Waals surface area contributed by atoms with E-state index < -0.39 is 23.0 Å². The summed E-state index contributed by atoms with van der Waals surface area (Å²) in [6.07, 6.45) is 1.58. The van der Waals surface area contributed by atoms with Crippen molar-refractivity contribution in [2.75, 3.05) is 17.7 Å². The van der Waals surface area contributed by atoms with Crippen LogP contribution in [0.1, 0.15) is 37.1 Å². The number of methoxy groups -OCH3 is 1. The molecular formula is C38H31N3O6S. The molecule has 3 amide bonds. The highest BCUT2D eigenvalue weighted by molar-refractivity contribution is 8.00. The molecule has 240 valence electrons. The Hall–Kier alpha value is -6.13. The molecule has 0 fully saturated rings. The Morgan fingerprint density at radius 1 is 0.708 bits per heavy atom. The van der Waals surface area contributed by atoms with E-state index in [1.54, 1.807) is 104 Å². The first-order valence-corrected chi connectivity index (χ1v) is 15.7. The van der Waals surface area contributed by atoms with Crippen LogP contribution in [0.3, 0.4) is 0 Å². The number of ether oxygens (including phenoxy) is 1. The number of hydrogen-bond acceptors (Lipinski definition) is 6. The van der Waals surface area contributed by atoms with Crippen LogP contribution in [0, 0.1) is 0 Å². The molecule has 0 spiro atoms. The Morgan fingerprint density at radius 2 is 1.35 bits per heavy atom. The average molecular weight is 658 g/mol. The lowest BCUT2D eigenvalue weighted by atomic mass is 10.1. The third kappa shape index (κ3) is 8.99. The summed E-state index contributed by atoms with van der Waals surface area (Å²) in [7, 11) is 1.56. The molecule has 5 rings (SSSR count). The molecule has 0 aliphatic rings. The third-order valence-electron chi connectivity index (χ3n) is 7.04. The lowest BCUT2D eigenvalue weighted by molar-refractivity contribution is -0.116. The van der Waals surface area contributed by atoms with Gasteiger partial charge in [0.1, 0.15) is 16.7 Å². The largest absolute Gasteiger partial charge is 0.497 e. The number of carbonyl (C=O) groups excluding carboxylic acids is 3. The highest BCUT2D eigenvalue weighted by atomic mass is 32.2. The van der Waals surface area contributed by atoms with Crippen molar-refractivity contribution in [1.29, 1.82) is 0 Å². The molecule has 0 aromatic heterocycles. The van der Waals surface area contributed by atoms with Crippen molar-refractivity contribution in [2.45, 2.75) is 10.1 Å². The number of benzene rings is 5. The van der Waals surface area contributed by atoms with Crippen molar-refractivity contribution < 1.29 is 29.0 Å². The Balaban J connectivity index is 1.33. The van der Waals surface area contributed by atoms with Crippen LogP contribution >= 0.6 is 11.8 Å². The number of nitrogens with one attached hydrogen (secondary N) is 3. The summed E-state index contributed by atoms with van der Waals surface area (Å²) in [6, 6.07) is 37.9. The van der Waals surface area contributed by atoms with Gasteiger partial charge in [0.2, 0.25) is 5.91 Å². The van der Waals surface area contributed by atoms with E-state index in [1.807, 2.05) is 30.3 Å². The fraction of sp³-hybridized carbons (Fsp3) is 0.0526. The Bertz CT molecular complexity index is 1930. The van der Waals surface area contributed by atoms with E-state index in [4.69, 9.17) is 4.74 Å². The van der Waals surface area contributed by atoms with E-state index in [0.29, 0.717) is 28.3 Å². The normalized spacial score (nSPS) is 11.6. The number of carboxylic acid groups (broad SMARTS) is 1. The molecule has 0 aliphatic carbocycles. The van der Waals surface area contributed by atoms with Crippen molar-refractivity contribution in [3.05, 3.63) is 161 Å². The molecular weight excluding hydrogens is 626 g/mol. The topological polar surface area (TPSA) is 134 Å². The van der Waals surface area contributed by atoms with Crippen LogP contribution in [0.4, 0.5) is 11.4 Å². The maximum atomic E-state index is 13.5. The van der Waals surface area contributed by atoms with Crippen LogP contribution in [-0.4, -0.2) is 35.9 Å². The summed E-state index contributed by atoms with van der Waals surface area (Å²) < 4.78 is 5.22. The minimum atomic E-state index is -1.09. The van der Waals surface area contributed by atoms with Gasteiger partial charge in [0.25, 0.3) is 11.8 Å². The first-order chi connectivity index (χ1) is 23.3. The summed E-state index contributed by atoms with van der Waals surface area (Å²) >= 11 is 1.30. The minimum Gasteiger partial charge on any atom is -0.497 e. The maximum Gasteiger partial charge on any atom is 0.335 e. The molecule has 0 saturated carbocycles. The van der Waals surface area contributed by atoms with E-state index in [1.165, 1.54) is 23.9 Å². The lowest BCUT2D eigenvalue weighted by Gasteiger charge is -2.18. The van der Waals surface area contributed by atoms with Crippen LogP contribution in [0.25, 0.3) is 6.08 Å². The summed E-state index contributed by atoms with van der Waals surface area (Å²) in [4.78, 5) is 52.1. The number of thioether (sulfide) groups is 1. The van der Waals surface area contributed by atoms with E-state index in [-0.39, 0.29) is 17.2 Å². The Morgan fingerprint density at radius 3 is 2.00 bits per heavy atom. The number of carbonyl (C=O) groups is 4. The standard InChI is InChI=1S/C38H31N3O6S/c1-47-31-19-15-25(16-20-31)23-33(41-35(42)27-11-6-3-7-12-27)36(43)39-29-17-21-32(22-18-29)48-34(26-9-4-2-5-10-26)37(44)40-30-14-8-13-28(24-30)38(45)46/h2-24,34H,1H3,(H,39,43)(H,40,44)(H,41,42)(H,45,46)/b33-23-. The first kappa shape index (κ1) is 33.2. The average Bonchev–Trinajstić information content (AvgIpc) is 3.12. The second kappa shape index (κ2) is 15.9. The molecule has 0 saturated heterocycles. The van der Waals surface area contributed by atoms with Gasteiger partial charge in [-0.2, -0.15) is 0 Å². The minimum absolute atomic E-state index is 0.0419. The number of carboxylic acids is 1. The smallest absolute Gasteiger partial charge is 0.335 e. The van der Waals surface area contributed by atoms with Gasteiger partial charge < -0.3 is 25.8 Å². The number of rotatable bonds is 12. The highest BCUT2D eigenvalue weighted by Gasteiger charge is 2.23. The molecule has 10 heteroatoms. The van der Waals surface area contributed by atoms with E-state index in [2.05, 4.69) is 16.0 Å². The van der Waals surface area contributed by atoms with E-state index >= 15 is 0 Å². The molecule has 4 N–H and O–H groups in total. The van der Waals surface area contributed by atoms with Crippen molar-refractivity contribution in [1.82, 2.24) is 5.32 Å². The molecule has 0 radical (unpaired) electrons. The summed E-state index contributed by atoms with van der Waals surface area (Å²) in [5, 5.41) is 17.1. The SMILES string of the molecule is COc1ccc(/C=C(\NC(=O)c2ccccc2)C(=O)Nc2ccc(SC(C(=O)Nc3cccc(C(=O)O)c3)c3ccccc3)cc2)cc1. The van der Waals surface area contributed by atoms with Gasteiger partial charge >= 0.3 is 5.97 Å². The molecule has 48 heavy (non-hydrogen) atoms. The third-order valence-corrected chi connectivity index (χ3v) is 8.31. The molecule has 0 heterocycles. The summed E-state index contributed by atoms with van der Waals surface area (Å²) in [5.41, 5.74) is 2.80. The van der Waals surface area contributed by atoms with Crippen LogP contribution in [-0.2, 0) is 9.59 Å². The molecule has 0 bridgehead atoms. The molecule has 1 atom stereocenters. The van der Waals surface area contributed by atoms with Gasteiger partial charge in [-0.05, 0) is 83.9 Å². The van der Waals surface area contributed by atoms with Gasteiger partial charge in [0.05, 0.1) is 12.7 Å². The monoisotopic (exact) mass is 657 g/mol. The second-order valence-corrected chi connectivity index (χ2v) is 11.6. The Labute approximate surface area is 281 Å². The van der Waals surface area contributed by atoms with Gasteiger partial charge in [0, 0.05) is 21.8 Å². The van der Waals surface area contributed by atoms with Gasteiger partial charge in [-0.3, -0.25) is 14.4 Å². The zero-order valence-corrected chi connectivity index (χ0v) is 26.6. The first-order valence-electron chi connectivity index (χ1n) is 14.8. The second-order valence-electron chi connectivity index (χ2n) is 10.4. The lowest BCUT2D eigenvalue weighted by Crippen LogP contribution is -2.30. The van der Waals surface area contributed by atoms with Gasteiger partial charge in [-0.25, -0.2) is 4.79 Å². The molecule has 9 nitrogen and oxygen atoms in total. The molecule has 1 unspecified atom stereocenters. The predicted octanol–water partition coefficient (Wildman–Crippen LogP) is 7.28. The zero-order valence-electron chi connectivity index (χ0n) is 25.8. The molecule has 5 aromatic rings. The van der Waals surface area contributed by atoms with Crippen molar-refractivity contribution in [2.24, 2.45) is 0 Å². The van der Waals surface area contributed by atoms with Crippen LogP contribution < -0.4 is 20.7 Å².